The summed E-state index contributed by atoms with van der Waals surface area (Å²) in [5.74, 6) is -0.555. The van der Waals surface area contributed by atoms with Crippen molar-refractivity contribution >= 4 is 30.2 Å². The molecule has 7 heteroatoms. The average molecular weight is 258 g/mol. The Kier molecular flexibility index (Phi) is 4.22. The van der Waals surface area contributed by atoms with Gasteiger partial charge >= 0.3 is 5.97 Å². The summed E-state index contributed by atoms with van der Waals surface area (Å²) in [5, 5.41) is -2.01. The number of ether oxygens (including phenoxy) is 2. The van der Waals surface area contributed by atoms with Gasteiger partial charge in [-0.3, -0.25) is 4.79 Å². The van der Waals surface area contributed by atoms with Gasteiger partial charge in [0.2, 0.25) is 5.13 Å². The van der Waals surface area contributed by atoms with E-state index in [0.29, 0.717) is 0 Å². The van der Waals surface area contributed by atoms with Crippen molar-refractivity contribution in [3.05, 3.63) is 0 Å². The maximum atomic E-state index is 13.3. The van der Waals surface area contributed by atoms with Crippen molar-refractivity contribution < 1.29 is 18.7 Å². The Hall–Kier alpha value is -0.0400. The predicted molar refractivity (Wildman–Crippen MR) is 56.6 cm³/mol. The fourth-order valence-electron chi connectivity index (χ4n) is 1.14. The van der Waals surface area contributed by atoms with Crippen LogP contribution in [0.25, 0.3) is 0 Å². The molecule has 0 aromatic carbocycles. The predicted octanol–water partition coefficient (Wildman–Crippen LogP) is 0.826. The molecule has 1 heterocycles. The molecule has 1 saturated heterocycles. The lowest BCUT2D eigenvalue weighted by Gasteiger charge is -2.11. The van der Waals surface area contributed by atoms with Gasteiger partial charge in [0, 0.05) is 6.42 Å². The average Bonchev–Trinajstić information content (AvgIpc) is 2.36. The van der Waals surface area contributed by atoms with Crippen LogP contribution in [0.5, 0.6) is 0 Å². The zero-order chi connectivity index (χ0) is 11.6. The van der Waals surface area contributed by atoms with E-state index in [-0.39, 0.29) is 13.0 Å². The van der Waals surface area contributed by atoms with Crippen LogP contribution in [0.15, 0.2) is 0 Å². The van der Waals surface area contributed by atoms with Crippen LogP contribution in [0.4, 0.5) is 4.39 Å². The first kappa shape index (κ1) is 13.0. The second-order valence-corrected chi connectivity index (χ2v) is 4.59. The summed E-state index contributed by atoms with van der Waals surface area (Å²) in [5.41, 5.74) is 4.27. The van der Waals surface area contributed by atoms with Crippen molar-refractivity contribution in [2.75, 3.05) is 6.61 Å². The van der Waals surface area contributed by atoms with Crippen LogP contribution < -0.4 is 5.73 Å². The molecule has 4 atom stereocenters. The van der Waals surface area contributed by atoms with Gasteiger partial charge in [-0.15, -0.1) is 12.6 Å². The van der Waals surface area contributed by atoms with E-state index in [4.69, 9.17) is 26.8 Å². The van der Waals surface area contributed by atoms with Crippen LogP contribution >= 0.6 is 24.2 Å². The Balaban J connectivity index is 2.34. The Morgan fingerprint density at radius 2 is 2.53 bits per heavy atom. The van der Waals surface area contributed by atoms with E-state index in [1.807, 2.05) is 0 Å². The monoisotopic (exact) mass is 257 g/mol. The molecule has 0 saturated carbocycles. The van der Waals surface area contributed by atoms with E-state index in [9.17, 15) is 9.18 Å². The van der Waals surface area contributed by atoms with Gasteiger partial charge in [0.05, 0.1) is 6.10 Å². The molecule has 2 N–H and O–H groups in total. The van der Waals surface area contributed by atoms with E-state index >= 15 is 0 Å². The molecule has 1 rings (SSSR count). The topological polar surface area (TPSA) is 61.6 Å². The van der Waals surface area contributed by atoms with E-state index in [1.165, 1.54) is 6.92 Å². The molecule has 1 aliphatic rings. The number of thiol groups is 1. The summed E-state index contributed by atoms with van der Waals surface area (Å²) in [6.45, 7) is 1.44. The summed E-state index contributed by atoms with van der Waals surface area (Å²) >= 11 is 9.28. The molecule has 0 aliphatic carbocycles. The summed E-state index contributed by atoms with van der Waals surface area (Å²) in [7, 11) is 0. The standard InChI is InChI=1S/C8H13ClFNO3S/c1-4(11)6(12)13-3-5-2-8(9,10)7(15)14-5/h4-5,7,15H,2-3,11H2,1H3. The number of carbonyl (C=O) groups excluding carboxylic acids is 1. The highest BCUT2D eigenvalue weighted by Gasteiger charge is 2.46. The van der Waals surface area contributed by atoms with Crippen LogP contribution in [0.3, 0.4) is 0 Å². The Bertz CT molecular complexity index is 252. The van der Waals surface area contributed by atoms with Gasteiger partial charge in [0.1, 0.15) is 18.1 Å². The molecule has 0 spiro atoms. The van der Waals surface area contributed by atoms with Gasteiger partial charge in [0.25, 0.3) is 0 Å². The first-order valence-corrected chi connectivity index (χ1v) is 5.36. The number of esters is 1. The first-order valence-electron chi connectivity index (χ1n) is 4.46. The number of carbonyl (C=O) groups is 1. The van der Waals surface area contributed by atoms with Gasteiger partial charge in [0.15, 0.2) is 0 Å². The number of hydrogen-bond donors (Lipinski definition) is 2. The smallest absolute Gasteiger partial charge is 0.322 e. The lowest BCUT2D eigenvalue weighted by atomic mass is 10.2. The minimum absolute atomic E-state index is 0.0597. The Morgan fingerprint density at radius 3 is 2.93 bits per heavy atom. The third-order valence-corrected chi connectivity index (χ3v) is 3.00. The maximum Gasteiger partial charge on any atom is 0.322 e. The quantitative estimate of drug-likeness (QED) is 0.447. The molecule has 0 bridgehead atoms. The third-order valence-electron chi connectivity index (χ3n) is 1.97. The molecule has 1 aliphatic heterocycles. The van der Waals surface area contributed by atoms with Gasteiger partial charge in [-0.05, 0) is 6.92 Å². The van der Waals surface area contributed by atoms with Crippen molar-refractivity contribution in [3.63, 3.8) is 0 Å². The SMILES string of the molecule is CC(N)C(=O)OCC1CC(F)(Cl)C(S)O1. The lowest BCUT2D eigenvalue weighted by Crippen LogP contribution is -2.31. The summed E-state index contributed by atoms with van der Waals surface area (Å²) in [4.78, 5) is 11.0. The Morgan fingerprint density at radius 1 is 1.93 bits per heavy atom. The normalized spacial score (nSPS) is 37.7. The van der Waals surface area contributed by atoms with Crippen molar-refractivity contribution in [2.45, 2.75) is 36.1 Å². The molecule has 15 heavy (non-hydrogen) atoms. The number of alkyl halides is 2. The first-order chi connectivity index (χ1) is 6.83. The molecule has 0 amide bonds. The van der Waals surface area contributed by atoms with Gasteiger partial charge in [-0.2, -0.15) is 0 Å². The highest BCUT2D eigenvalue weighted by molar-refractivity contribution is 7.80. The molecular weight excluding hydrogens is 245 g/mol. The molecule has 4 unspecified atom stereocenters. The van der Waals surface area contributed by atoms with Crippen LogP contribution in [-0.2, 0) is 14.3 Å². The molecule has 0 aromatic heterocycles. The number of hydrogen-bond acceptors (Lipinski definition) is 5. The summed E-state index contributed by atoms with van der Waals surface area (Å²) in [6.07, 6.45) is -0.632. The molecule has 1 fully saturated rings. The number of halogens is 2. The van der Waals surface area contributed by atoms with Crippen molar-refractivity contribution in [1.82, 2.24) is 0 Å². The summed E-state index contributed by atoms with van der Waals surface area (Å²) < 4.78 is 23.2. The molecule has 88 valence electrons. The number of rotatable bonds is 3. The summed E-state index contributed by atoms with van der Waals surface area (Å²) in [6, 6.07) is -0.704. The van der Waals surface area contributed by atoms with E-state index in [1.54, 1.807) is 0 Å². The molecule has 4 nitrogen and oxygen atoms in total. The minimum Gasteiger partial charge on any atom is -0.462 e. The van der Waals surface area contributed by atoms with Crippen molar-refractivity contribution in [3.8, 4) is 0 Å². The van der Waals surface area contributed by atoms with Crippen LogP contribution in [0, 0.1) is 0 Å². The van der Waals surface area contributed by atoms with Crippen LogP contribution in [-0.4, -0.2) is 35.3 Å². The molecule has 0 radical (unpaired) electrons. The number of nitrogens with two attached hydrogens (primary N) is 1. The van der Waals surface area contributed by atoms with Crippen molar-refractivity contribution in [2.24, 2.45) is 5.73 Å². The fraction of sp³-hybridized carbons (Fsp3) is 0.875. The van der Waals surface area contributed by atoms with Gasteiger partial charge in [-0.25, -0.2) is 4.39 Å². The second kappa shape index (κ2) is 4.86. The van der Waals surface area contributed by atoms with Crippen LogP contribution in [0.2, 0.25) is 0 Å². The Labute approximate surface area is 97.6 Å². The minimum atomic E-state index is -2.01. The highest BCUT2D eigenvalue weighted by atomic mass is 35.5. The molecular formula is C8H13ClFNO3S. The van der Waals surface area contributed by atoms with Crippen molar-refractivity contribution in [1.29, 1.82) is 0 Å². The lowest BCUT2D eigenvalue weighted by molar-refractivity contribution is -0.148. The van der Waals surface area contributed by atoms with E-state index in [0.717, 1.165) is 0 Å². The second-order valence-electron chi connectivity index (χ2n) is 3.49. The zero-order valence-electron chi connectivity index (χ0n) is 8.15. The van der Waals surface area contributed by atoms with Gasteiger partial charge in [-0.1, -0.05) is 11.6 Å². The van der Waals surface area contributed by atoms with Crippen LogP contribution in [0.1, 0.15) is 13.3 Å². The highest BCUT2D eigenvalue weighted by Crippen LogP contribution is 2.39. The fourth-order valence-corrected chi connectivity index (χ4v) is 1.64. The maximum absolute atomic E-state index is 13.3. The zero-order valence-corrected chi connectivity index (χ0v) is 9.80. The van der Waals surface area contributed by atoms with E-state index in [2.05, 4.69) is 12.6 Å². The largest absolute Gasteiger partial charge is 0.462 e. The molecule has 0 aromatic rings. The van der Waals surface area contributed by atoms with Gasteiger partial charge < -0.3 is 15.2 Å². The third kappa shape index (κ3) is 3.48. The van der Waals surface area contributed by atoms with E-state index < -0.39 is 28.7 Å².